The molecular weight excluding hydrogens is 250 g/mol. The molecule has 0 bridgehead atoms. The molecule has 1 aliphatic rings. The number of piperidine rings is 1. The molecular formula is C11H21ClF2N2O. The molecule has 0 radical (unpaired) electrons. The molecule has 0 aliphatic carbocycles. The lowest BCUT2D eigenvalue weighted by Crippen LogP contribution is -2.51. The van der Waals surface area contributed by atoms with Crippen molar-refractivity contribution in [3.8, 4) is 0 Å². The van der Waals surface area contributed by atoms with Gasteiger partial charge in [-0.3, -0.25) is 4.79 Å². The second kappa shape index (κ2) is 6.50. The number of nitrogens with two attached hydrogens (primary N) is 1. The maximum atomic E-state index is 12.9. The highest BCUT2D eigenvalue weighted by atomic mass is 35.5. The quantitative estimate of drug-likeness (QED) is 0.853. The summed E-state index contributed by atoms with van der Waals surface area (Å²) < 4.78 is 25.8. The fraction of sp³-hybridized carbons (Fsp3) is 0.909. The molecule has 6 heteroatoms. The van der Waals surface area contributed by atoms with Crippen molar-refractivity contribution < 1.29 is 13.6 Å². The number of carbonyl (C=O) groups is 1. The summed E-state index contributed by atoms with van der Waals surface area (Å²) in [6.07, 6.45) is 0.328. The van der Waals surface area contributed by atoms with Crippen LogP contribution in [0.15, 0.2) is 0 Å². The van der Waals surface area contributed by atoms with Gasteiger partial charge in [-0.15, -0.1) is 12.4 Å². The van der Waals surface area contributed by atoms with Crippen LogP contribution < -0.4 is 5.73 Å². The highest BCUT2D eigenvalue weighted by Gasteiger charge is 2.37. The summed E-state index contributed by atoms with van der Waals surface area (Å²) in [5.74, 6) is -2.71. The fourth-order valence-electron chi connectivity index (χ4n) is 1.76. The number of likely N-dealkylation sites (tertiary alicyclic amines) is 1. The maximum absolute atomic E-state index is 12.9. The van der Waals surface area contributed by atoms with E-state index in [1.54, 1.807) is 0 Å². The summed E-state index contributed by atoms with van der Waals surface area (Å²) in [6, 6.07) is -0.559. The molecule has 1 heterocycles. The Morgan fingerprint density at radius 2 is 1.88 bits per heavy atom. The van der Waals surface area contributed by atoms with Gasteiger partial charge in [0.15, 0.2) is 0 Å². The number of alkyl halides is 2. The van der Waals surface area contributed by atoms with Crippen molar-refractivity contribution in [1.29, 1.82) is 0 Å². The average Bonchev–Trinajstić information content (AvgIpc) is 2.26. The van der Waals surface area contributed by atoms with E-state index in [1.807, 2.05) is 13.8 Å². The Morgan fingerprint density at radius 1 is 1.41 bits per heavy atom. The molecule has 3 nitrogen and oxygen atoms in total. The second-order valence-electron chi connectivity index (χ2n) is 4.59. The van der Waals surface area contributed by atoms with Gasteiger partial charge in [0.2, 0.25) is 5.91 Å². The van der Waals surface area contributed by atoms with Crippen LogP contribution in [0.4, 0.5) is 8.78 Å². The lowest BCUT2D eigenvalue weighted by molar-refractivity contribution is -0.139. The summed E-state index contributed by atoms with van der Waals surface area (Å²) >= 11 is 0. The molecule has 2 atom stereocenters. The topological polar surface area (TPSA) is 46.3 Å². The number of amides is 1. The number of rotatable bonds is 3. The first-order chi connectivity index (χ1) is 7.37. The molecule has 1 saturated heterocycles. The summed E-state index contributed by atoms with van der Waals surface area (Å²) in [4.78, 5) is 13.3. The third-order valence-corrected chi connectivity index (χ3v) is 3.35. The SMILES string of the molecule is CC[C@H](C)[C@H](N)C(=O)N1CCC(F)(F)CC1.Cl. The molecule has 1 rings (SSSR count). The average molecular weight is 271 g/mol. The molecule has 102 valence electrons. The van der Waals surface area contributed by atoms with Crippen molar-refractivity contribution in [2.45, 2.75) is 45.1 Å². The van der Waals surface area contributed by atoms with Gasteiger partial charge in [0.05, 0.1) is 6.04 Å². The number of halogens is 3. The van der Waals surface area contributed by atoms with Crippen molar-refractivity contribution >= 4 is 18.3 Å². The van der Waals surface area contributed by atoms with Crippen LogP contribution in [0, 0.1) is 5.92 Å². The minimum absolute atomic E-state index is 0. The Kier molecular flexibility index (Phi) is 6.34. The molecule has 0 unspecified atom stereocenters. The van der Waals surface area contributed by atoms with Gasteiger partial charge in [0, 0.05) is 25.9 Å². The smallest absolute Gasteiger partial charge is 0.251 e. The van der Waals surface area contributed by atoms with Gasteiger partial charge in [-0.25, -0.2) is 8.78 Å². The zero-order valence-corrected chi connectivity index (χ0v) is 11.1. The van der Waals surface area contributed by atoms with E-state index < -0.39 is 12.0 Å². The van der Waals surface area contributed by atoms with Crippen LogP contribution in [0.25, 0.3) is 0 Å². The Bertz CT molecular complexity index is 254. The molecule has 1 fully saturated rings. The number of hydrogen-bond donors (Lipinski definition) is 1. The van der Waals surface area contributed by atoms with Crippen LogP contribution in [-0.2, 0) is 4.79 Å². The molecule has 0 aromatic carbocycles. The van der Waals surface area contributed by atoms with Crippen molar-refractivity contribution in [3.05, 3.63) is 0 Å². The van der Waals surface area contributed by atoms with E-state index in [2.05, 4.69) is 0 Å². The largest absolute Gasteiger partial charge is 0.341 e. The van der Waals surface area contributed by atoms with E-state index >= 15 is 0 Å². The minimum Gasteiger partial charge on any atom is -0.341 e. The fourth-order valence-corrected chi connectivity index (χ4v) is 1.76. The predicted octanol–water partition coefficient (Wildman–Crippen LogP) is 2.04. The van der Waals surface area contributed by atoms with Gasteiger partial charge in [-0.2, -0.15) is 0 Å². The normalized spacial score (nSPS) is 22.5. The zero-order chi connectivity index (χ0) is 12.3. The van der Waals surface area contributed by atoms with Crippen molar-refractivity contribution in [2.24, 2.45) is 11.7 Å². The van der Waals surface area contributed by atoms with Gasteiger partial charge in [0.25, 0.3) is 5.92 Å². The van der Waals surface area contributed by atoms with Crippen molar-refractivity contribution in [1.82, 2.24) is 4.90 Å². The molecule has 0 spiro atoms. The lowest BCUT2D eigenvalue weighted by atomic mass is 9.97. The highest BCUT2D eigenvalue weighted by molar-refractivity contribution is 5.85. The lowest BCUT2D eigenvalue weighted by Gasteiger charge is -2.34. The Hall–Kier alpha value is -0.420. The standard InChI is InChI=1S/C11H20F2N2O.ClH/c1-3-8(2)9(14)10(16)15-6-4-11(12,13)5-7-15;/h8-9H,3-7,14H2,1-2H3;1H/t8-,9-;/m0./s1. The van der Waals surface area contributed by atoms with Crippen LogP contribution in [-0.4, -0.2) is 35.9 Å². The predicted molar refractivity (Wildman–Crippen MR) is 65.4 cm³/mol. The number of carbonyl (C=O) groups excluding carboxylic acids is 1. The molecule has 0 aromatic heterocycles. The van der Waals surface area contributed by atoms with E-state index in [-0.39, 0.29) is 50.2 Å². The molecule has 0 aromatic rings. The van der Waals surface area contributed by atoms with Crippen LogP contribution >= 0.6 is 12.4 Å². The van der Waals surface area contributed by atoms with Crippen LogP contribution in [0.2, 0.25) is 0 Å². The molecule has 0 saturated carbocycles. The maximum Gasteiger partial charge on any atom is 0.251 e. The summed E-state index contributed by atoms with van der Waals surface area (Å²) in [7, 11) is 0. The van der Waals surface area contributed by atoms with Gasteiger partial charge in [-0.05, 0) is 5.92 Å². The third kappa shape index (κ3) is 4.39. The monoisotopic (exact) mass is 270 g/mol. The van der Waals surface area contributed by atoms with Crippen LogP contribution in [0.5, 0.6) is 0 Å². The van der Waals surface area contributed by atoms with Gasteiger partial charge < -0.3 is 10.6 Å². The first-order valence-corrected chi connectivity index (χ1v) is 5.79. The summed E-state index contributed by atoms with van der Waals surface area (Å²) in [5.41, 5.74) is 5.79. The molecule has 17 heavy (non-hydrogen) atoms. The van der Waals surface area contributed by atoms with Crippen molar-refractivity contribution in [3.63, 3.8) is 0 Å². The van der Waals surface area contributed by atoms with E-state index in [0.717, 1.165) is 6.42 Å². The Labute approximate surface area is 107 Å². The minimum atomic E-state index is -2.61. The van der Waals surface area contributed by atoms with Crippen molar-refractivity contribution in [2.75, 3.05) is 13.1 Å². The number of nitrogens with zero attached hydrogens (tertiary/aromatic N) is 1. The summed E-state index contributed by atoms with van der Waals surface area (Å²) in [5, 5.41) is 0. The van der Waals surface area contributed by atoms with Crippen LogP contribution in [0.3, 0.4) is 0 Å². The molecule has 1 aliphatic heterocycles. The van der Waals surface area contributed by atoms with E-state index in [0.29, 0.717) is 0 Å². The van der Waals surface area contributed by atoms with Gasteiger partial charge in [0.1, 0.15) is 0 Å². The summed E-state index contributed by atoms with van der Waals surface area (Å²) in [6.45, 7) is 4.11. The first kappa shape index (κ1) is 16.6. The Morgan fingerprint density at radius 3 is 2.29 bits per heavy atom. The number of hydrogen-bond acceptors (Lipinski definition) is 2. The third-order valence-electron chi connectivity index (χ3n) is 3.35. The highest BCUT2D eigenvalue weighted by Crippen LogP contribution is 2.28. The molecule has 1 amide bonds. The van der Waals surface area contributed by atoms with E-state index in [1.165, 1.54) is 4.90 Å². The first-order valence-electron chi connectivity index (χ1n) is 5.79. The Balaban J connectivity index is 0.00000256. The van der Waals surface area contributed by atoms with Gasteiger partial charge >= 0.3 is 0 Å². The van der Waals surface area contributed by atoms with E-state index in [9.17, 15) is 13.6 Å². The zero-order valence-electron chi connectivity index (χ0n) is 10.3. The second-order valence-corrected chi connectivity index (χ2v) is 4.59. The molecule has 2 N–H and O–H groups in total. The van der Waals surface area contributed by atoms with E-state index in [4.69, 9.17) is 5.73 Å². The van der Waals surface area contributed by atoms with Gasteiger partial charge in [-0.1, -0.05) is 20.3 Å². The van der Waals surface area contributed by atoms with Crippen LogP contribution in [0.1, 0.15) is 33.1 Å².